The first-order valence-corrected chi connectivity index (χ1v) is 7.76. The van der Waals surface area contributed by atoms with Crippen LogP contribution in [0.3, 0.4) is 0 Å². The van der Waals surface area contributed by atoms with E-state index in [0.29, 0.717) is 12.6 Å². The second-order valence-electron chi connectivity index (χ2n) is 5.90. The Labute approximate surface area is 125 Å². The number of nitro benzene ring substituents is 1. The van der Waals surface area contributed by atoms with E-state index in [0.717, 1.165) is 11.5 Å². The van der Waals surface area contributed by atoms with Crippen LogP contribution >= 0.6 is 0 Å². The molecule has 0 amide bonds. The van der Waals surface area contributed by atoms with Crippen molar-refractivity contribution in [3.8, 4) is 0 Å². The molecule has 116 valence electrons. The van der Waals surface area contributed by atoms with Gasteiger partial charge in [0.1, 0.15) is 0 Å². The molecule has 2 rings (SSSR count). The molecule has 1 fully saturated rings. The molecule has 0 aromatic heterocycles. The number of rotatable bonds is 6. The molecule has 0 spiro atoms. The molecule has 1 atom stereocenters. The molecule has 1 aromatic carbocycles. The summed E-state index contributed by atoms with van der Waals surface area (Å²) in [4.78, 5) is 10.2. The first kappa shape index (κ1) is 15.9. The van der Waals surface area contributed by atoms with Crippen molar-refractivity contribution in [2.24, 2.45) is 5.92 Å². The van der Waals surface area contributed by atoms with Gasteiger partial charge in [-0.15, -0.1) is 0 Å². The van der Waals surface area contributed by atoms with Gasteiger partial charge in [0.05, 0.1) is 11.0 Å². The largest absolute Gasteiger partial charge is 0.387 e. The van der Waals surface area contributed by atoms with Crippen molar-refractivity contribution in [2.75, 3.05) is 6.54 Å². The van der Waals surface area contributed by atoms with Crippen molar-refractivity contribution in [2.45, 2.75) is 51.2 Å². The van der Waals surface area contributed by atoms with Crippen LogP contribution in [0, 0.1) is 16.0 Å². The van der Waals surface area contributed by atoms with Crippen LogP contribution in [0.5, 0.6) is 0 Å². The van der Waals surface area contributed by atoms with E-state index >= 15 is 0 Å². The number of nitro groups is 1. The molecule has 0 saturated heterocycles. The van der Waals surface area contributed by atoms with Crippen molar-refractivity contribution in [3.05, 3.63) is 39.9 Å². The minimum atomic E-state index is -0.616. The van der Waals surface area contributed by atoms with Gasteiger partial charge in [-0.05, 0) is 49.3 Å². The van der Waals surface area contributed by atoms with E-state index in [-0.39, 0.29) is 5.69 Å². The maximum Gasteiger partial charge on any atom is 0.269 e. The quantitative estimate of drug-likeness (QED) is 0.623. The zero-order valence-electron chi connectivity index (χ0n) is 12.5. The van der Waals surface area contributed by atoms with Crippen LogP contribution in [-0.2, 0) is 0 Å². The smallest absolute Gasteiger partial charge is 0.269 e. The Morgan fingerprint density at radius 3 is 2.43 bits per heavy atom. The van der Waals surface area contributed by atoms with Crippen LogP contribution < -0.4 is 5.32 Å². The second kappa shape index (κ2) is 7.52. The molecule has 1 aromatic rings. The Morgan fingerprint density at radius 2 is 1.90 bits per heavy atom. The lowest BCUT2D eigenvalue weighted by atomic mass is 9.84. The van der Waals surface area contributed by atoms with Crippen LogP contribution in [-0.4, -0.2) is 22.6 Å². The lowest BCUT2D eigenvalue weighted by Crippen LogP contribution is -2.35. The van der Waals surface area contributed by atoms with Gasteiger partial charge in [-0.1, -0.05) is 13.3 Å². The van der Waals surface area contributed by atoms with E-state index < -0.39 is 11.0 Å². The summed E-state index contributed by atoms with van der Waals surface area (Å²) in [6.45, 7) is 2.75. The first-order chi connectivity index (χ1) is 10.1. The molecule has 0 aliphatic heterocycles. The predicted molar refractivity (Wildman–Crippen MR) is 82.1 cm³/mol. The van der Waals surface area contributed by atoms with Gasteiger partial charge in [-0.2, -0.15) is 0 Å². The molecular formula is C16H24N2O3. The van der Waals surface area contributed by atoms with Gasteiger partial charge in [0.15, 0.2) is 0 Å². The lowest BCUT2D eigenvalue weighted by molar-refractivity contribution is -0.384. The number of non-ortho nitro benzene ring substituents is 1. The monoisotopic (exact) mass is 292 g/mol. The normalized spacial score (nSPS) is 23.7. The van der Waals surface area contributed by atoms with Gasteiger partial charge in [0.2, 0.25) is 0 Å². The van der Waals surface area contributed by atoms with Gasteiger partial charge in [0.25, 0.3) is 5.69 Å². The van der Waals surface area contributed by atoms with Gasteiger partial charge < -0.3 is 10.4 Å². The first-order valence-electron chi connectivity index (χ1n) is 7.76. The highest BCUT2D eigenvalue weighted by molar-refractivity contribution is 5.33. The Hall–Kier alpha value is -1.46. The summed E-state index contributed by atoms with van der Waals surface area (Å²) in [7, 11) is 0. The Morgan fingerprint density at radius 1 is 1.29 bits per heavy atom. The Kier molecular flexibility index (Phi) is 5.70. The minimum absolute atomic E-state index is 0.0526. The maximum atomic E-state index is 10.6. The molecule has 5 nitrogen and oxygen atoms in total. The highest BCUT2D eigenvalue weighted by Gasteiger charge is 2.20. The summed E-state index contributed by atoms with van der Waals surface area (Å²) in [6, 6.07) is 6.60. The molecule has 1 saturated carbocycles. The molecule has 0 bridgehead atoms. The zero-order valence-corrected chi connectivity index (χ0v) is 12.5. The van der Waals surface area contributed by atoms with E-state index in [9.17, 15) is 15.2 Å². The van der Waals surface area contributed by atoms with Crippen molar-refractivity contribution in [1.82, 2.24) is 5.32 Å². The third-order valence-corrected chi connectivity index (χ3v) is 4.51. The Bertz CT molecular complexity index is 453. The number of aliphatic hydroxyl groups is 1. The van der Waals surface area contributed by atoms with Crippen LogP contribution in [0.1, 0.15) is 50.7 Å². The van der Waals surface area contributed by atoms with E-state index in [1.165, 1.54) is 44.2 Å². The summed E-state index contributed by atoms with van der Waals surface area (Å²) in [6.07, 6.45) is 5.52. The van der Waals surface area contributed by atoms with Crippen LogP contribution in [0.25, 0.3) is 0 Å². The average Bonchev–Trinajstić information content (AvgIpc) is 2.53. The predicted octanol–water partition coefficient (Wildman–Crippen LogP) is 3.19. The van der Waals surface area contributed by atoms with E-state index in [1.54, 1.807) is 12.1 Å². The van der Waals surface area contributed by atoms with Gasteiger partial charge in [0, 0.05) is 24.7 Å². The fraction of sp³-hybridized carbons (Fsp3) is 0.625. The number of nitrogens with one attached hydrogen (secondary N) is 1. The molecule has 0 radical (unpaired) electrons. The van der Waals surface area contributed by atoms with Crippen LogP contribution in [0.15, 0.2) is 24.3 Å². The van der Waals surface area contributed by atoms with E-state index in [1.807, 2.05) is 0 Å². The third-order valence-electron chi connectivity index (χ3n) is 4.51. The van der Waals surface area contributed by atoms with Crippen molar-refractivity contribution < 1.29 is 10.0 Å². The summed E-state index contributed by atoms with van der Waals surface area (Å²) >= 11 is 0. The molecule has 1 aliphatic carbocycles. The highest BCUT2D eigenvalue weighted by Crippen LogP contribution is 2.26. The SMILES string of the molecule is CCC1CCC(NCC(O)c2ccc([N+](=O)[O-])cc2)CC1. The second-order valence-corrected chi connectivity index (χ2v) is 5.90. The third kappa shape index (κ3) is 4.51. The molecule has 2 N–H and O–H groups in total. The summed E-state index contributed by atoms with van der Waals surface area (Å²) in [5.74, 6) is 0.864. The molecule has 1 aliphatic rings. The number of aliphatic hydroxyl groups excluding tert-OH is 1. The zero-order chi connectivity index (χ0) is 15.2. The maximum absolute atomic E-state index is 10.6. The fourth-order valence-electron chi connectivity index (χ4n) is 2.99. The van der Waals surface area contributed by atoms with Crippen molar-refractivity contribution in [3.63, 3.8) is 0 Å². The number of hydrogen-bond donors (Lipinski definition) is 2. The van der Waals surface area contributed by atoms with Crippen molar-refractivity contribution >= 4 is 5.69 Å². The van der Waals surface area contributed by atoms with Gasteiger partial charge in [-0.3, -0.25) is 10.1 Å². The molecule has 0 heterocycles. The van der Waals surface area contributed by atoms with Crippen molar-refractivity contribution in [1.29, 1.82) is 0 Å². The van der Waals surface area contributed by atoms with E-state index in [4.69, 9.17) is 0 Å². The fourth-order valence-corrected chi connectivity index (χ4v) is 2.99. The topological polar surface area (TPSA) is 75.4 Å². The molecule has 1 unspecified atom stereocenters. The summed E-state index contributed by atoms with van der Waals surface area (Å²) in [5.41, 5.74) is 0.771. The Balaban J connectivity index is 1.79. The molecule has 21 heavy (non-hydrogen) atoms. The summed E-state index contributed by atoms with van der Waals surface area (Å²) < 4.78 is 0. The van der Waals surface area contributed by atoms with Gasteiger partial charge >= 0.3 is 0 Å². The number of nitrogens with zero attached hydrogens (tertiary/aromatic N) is 1. The lowest BCUT2D eigenvalue weighted by Gasteiger charge is -2.29. The van der Waals surface area contributed by atoms with Crippen LogP contribution in [0.4, 0.5) is 5.69 Å². The van der Waals surface area contributed by atoms with E-state index in [2.05, 4.69) is 12.2 Å². The highest BCUT2D eigenvalue weighted by atomic mass is 16.6. The number of hydrogen-bond acceptors (Lipinski definition) is 4. The molecular weight excluding hydrogens is 268 g/mol. The minimum Gasteiger partial charge on any atom is -0.387 e. The molecule has 5 heteroatoms. The summed E-state index contributed by atoms with van der Waals surface area (Å²) in [5, 5.41) is 24.2. The van der Waals surface area contributed by atoms with Crippen LogP contribution in [0.2, 0.25) is 0 Å². The number of benzene rings is 1. The standard InChI is InChI=1S/C16H24N2O3/c1-2-12-3-7-14(8-4-12)17-11-16(19)13-5-9-15(10-6-13)18(20)21/h5-6,9-10,12,14,16-17,19H,2-4,7-8,11H2,1H3. The van der Waals surface area contributed by atoms with Gasteiger partial charge in [-0.25, -0.2) is 0 Å². The average molecular weight is 292 g/mol.